The van der Waals surface area contributed by atoms with Crippen LogP contribution in [0.15, 0.2) is 24.4 Å². The lowest BCUT2D eigenvalue weighted by Gasteiger charge is -2.22. The predicted octanol–water partition coefficient (Wildman–Crippen LogP) is 3.03. The van der Waals surface area contributed by atoms with Gasteiger partial charge in [0.1, 0.15) is 36.3 Å². The van der Waals surface area contributed by atoms with Crippen molar-refractivity contribution in [2.24, 2.45) is 5.92 Å². The molecule has 0 saturated heterocycles. The van der Waals surface area contributed by atoms with E-state index in [9.17, 15) is 4.79 Å². The van der Waals surface area contributed by atoms with E-state index < -0.39 is 0 Å². The molecule has 2 aliphatic rings. The van der Waals surface area contributed by atoms with E-state index in [1.54, 1.807) is 30.9 Å². The Hall–Kier alpha value is -3.69. The highest BCUT2D eigenvalue weighted by atomic mass is 16.6. The molecule has 5 rings (SSSR count). The molecule has 0 unspecified atom stereocenters. The van der Waals surface area contributed by atoms with Gasteiger partial charge >= 0.3 is 0 Å². The van der Waals surface area contributed by atoms with Gasteiger partial charge in [-0.15, -0.1) is 0 Å². The predicted molar refractivity (Wildman–Crippen MR) is 116 cm³/mol. The summed E-state index contributed by atoms with van der Waals surface area (Å²) >= 11 is 0. The maximum absolute atomic E-state index is 12.3. The molecular weight excluding hydrogens is 400 g/mol. The van der Waals surface area contributed by atoms with E-state index in [1.807, 2.05) is 12.1 Å². The van der Waals surface area contributed by atoms with Crippen LogP contribution < -0.4 is 30.2 Å². The Morgan fingerprint density at radius 3 is 2.84 bits per heavy atom. The highest BCUT2D eigenvalue weighted by Crippen LogP contribution is 2.42. The molecule has 10 heteroatoms. The number of hydrogen-bond acceptors (Lipinski definition) is 8. The summed E-state index contributed by atoms with van der Waals surface area (Å²) in [6.07, 6.45) is 4.38. The van der Waals surface area contributed by atoms with Crippen molar-refractivity contribution in [2.75, 3.05) is 43.3 Å². The van der Waals surface area contributed by atoms with Crippen molar-refractivity contribution in [3.8, 4) is 17.2 Å². The number of amides is 1. The van der Waals surface area contributed by atoms with Crippen LogP contribution in [0.5, 0.6) is 17.2 Å². The molecule has 1 aliphatic carbocycles. The lowest BCUT2D eigenvalue weighted by Crippen LogP contribution is -2.16. The number of methoxy groups -OCH3 is 1. The molecule has 1 saturated carbocycles. The minimum atomic E-state index is -0.0176. The molecule has 0 bridgehead atoms. The Morgan fingerprint density at radius 1 is 1.23 bits per heavy atom. The maximum atomic E-state index is 12.3. The van der Waals surface area contributed by atoms with E-state index in [2.05, 4.69) is 26.0 Å². The minimum Gasteiger partial charge on any atom is -0.497 e. The topological polar surface area (TPSA) is 111 Å². The van der Waals surface area contributed by atoms with Crippen LogP contribution in [-0.4, -0.2) is 47.9 Å². The Kier molecular flexibility index (Phi) is 4.89. The van der Waals surface area contributed by atoms with Gasteiger partial charge < -0.3 is 30.2 Å². The molecule has 31 heavy (non-hydrogen) atoms. The van der Waals surface area contributed by atoms with Crippen molar-refractivity contribution < 1.29 is 19.0 Å². The molecule has 0 radical (unpaired) electrons. The van der Waals surface area contributed by atoms with Crippen molar-refractivity contribution in [1.82, 2.24) is 14.6 Å². The average molecular weight is 424 g/mol. The fraction of sp³-hybridized carbons (Fsp3) is 0.381. The summed E-state index contributed by atoms with van der Waals surface area (Å²) in [5.74, 6) is 3.60. The summed E-state index contributed by atoms with van der Waals surface area (Å²) in [4.78, 5) is 17.0. The molecule has 0 spiro atoms. The van der Waals surface area contributed by atoms with Crippen LogP contribution in [0.3, 0.4) is 0 Å². The number of carbonyl (C=O) groups is 1. The van der Waals surface area contributed by atoms with Crippen LogP contribution >= 0.6 is 0 Å². The first-order chi connectivity index (χ1) is 15.1. The van der Waals surface area contributed by atoms with E-state index >= 15 is 0 Å². The summed E-state index contributed by atoms with van der Waals surface area (Å²) in [7, 11) is 3.40. The lowest BCUT2D eigenvalue weighted by atomic mass is 10.2. The van der Waals surface area contributed by atoms with Crippen molar-refractivity contribution in [3.63, 3.8) is 0 Å². The first-order valence-corrected chi connectivity index (χ1v) is 10.3. The van der Waals surface area contributed by atoms with Crippen LogP contribution in [-0.2, 0) is 4.79 Å². The van der Waals surface area contributed by atoms with Gasteiger partial charge in [0, 0.05) is 31.7 Å². The molecule has 3 N–H and O–H groups in total. The Bertz CT molecular complexity index is 1140. The van der Waals surface area contributed by atoms with Crippen molar-refractivity contribution in [1.29, 1.82) is 0 Å². The monoisotopic (exact) mass is 424 g/mol. The van der Waals surface area contributed by atoms with Crippen LogP contribution in [0, 0.1) is 5.92 Å². The van der Waals surface area contributed by atoms with Crippen LogP contribution in [0.2, 0.25) is 0 Å². The molecule has 3 aromatic rings. The van der Waals surface area contributed by atoms with Crippen LogP contribution in [0.4, 0.5) is 23.0 Å². The van der Waals surface area contributed by atoms with Crippen molar-refractivity contribution >= 4 is 34.6 Å². The second-order valence-corrected chi connectivity index (χ2v) is 7.59. The zero-order valence-electron chi connectivity index (χ0n) is 17.4. The first kappa shape index (κ1) is 19.3. The summed E-state index contributed by atoms with van der Waals surface area (Å²) < 4.78 is 18.6. The fourth-order valence-corrected chi connectivity index (χ4v) is 3.56. The van der Waals surface area contributed by atoms with Gasteiger partial charge in [0.15, 0.2) is 17.1 Å². The average Bonchev–Trinajstić information content (AvgIpc) is 3.51. The van der Waals surface area contributed by atoms with Gasteiger partial charge in [-0.05, 0) is 18.8 Å². The number of rotatable bonds is 7. The number of anilines is 4. The summed E-state index contributed by atoms with van der Waals surface area (Å²) in [6.45, 7) is 0.940. The number of carbonyl (C=O) groups excluding carboxylic acids is 1. The van der Waals surface area contributed by atoms with E-state index in [0.29, 0.717) is 71.5 Å². The molecule has 2 aromatic heterocycles. The highest BCUT2D eigenvalue weighted by molar-refractivity contribution is 5.95. The smallest absolute Gasteiger partial charge is 0.224 e. The molecular formula is C21H24N6O4. The van der Waals surface area contributed by atoms with Gasteiger partial charge in [0.2, 0.25) is 5.91 Å². The third-order valence-electron chi connectivity index (χ3n) is 5.29. The molecule has 1 fully saturated rings. The first-order valence-electron chi connectivity index (χ1n) is 10.3. The third-order valence-corrected chi connectivity index (χ3v) is 5.29. The normalized spacial score (nSPS) is 14.9. The fourth-order valence-electron chi connectivity index (χ4n) is 3.56. The number of hydrogen-bond donors (Lipinski definition) is 3. The van der Waals surface area contributed by atoms with Gasteiger partial charge in [-0.1, -0.05) is 0 Å². The van der Waals surface area contributed by atoms with E-state index in [-0.39, 0.29) is 5.91 Å². The summed E-state index contributed by atoms with van der Waals surface area (Å²) in [5.41, 5.74) is 1.78. The maximum Gasteiger partial charge on any atom is 0.224 e. The van der Waals surface area contributed by atoms with Crippen molar-refractivity contribution in [3.05, 3.63) is 24.4 Å². The molecule has 3 heterocycles. The Balaban J connectivity index is 1.50. The number of aromatic nitrogens is 3. The van der Waals surface area contributed by atoms with Crippen LogP contribution in [0.1, 0.15) is 19.3 Å². The van der Waals surface area contributed by atoms with E-state index in [0.717, 1.165) is 12.8 Å². The Labute approximate surface area is 178 Å². The summed E-state index contributed by atoms with van der Waals surface area (Å²) in [5, 5.41) is 13.7. The highest BCUT2D eigenvalue weighted by Gasteiger charge is 2.25. The minimum absolute atomic E-state index is 0.0176. The number of fused-ring (bicyclic) bond motifs is 2. The lowest BCUT2D eigenvalue weighted by molar-refractivity contribution is -0.116. The second kappa shape index (κ2) is 7.86. The number of nitrogens with one attached hydrogen (secondary N) is 3. The van der Waals surface area contributed by atoms with E-state index in [1.165, 1.54) is 0 Å². The summed E-state index contributed by atoms with van der Waals surface area (Å²) in [6, 6.07) is 5.44. The van der Waals surface area contributed by atoms with Gasteiger partial charge in [-0.25, -0.2) is 4.98 Å². The Morgan fingerprint density at radius 2 is 2.06 bits per heavy atom. The van der Waals surface area contributed by atoms with Gasteiger partial charge in [-0.3, -0.25) is 4.79 Å². The third kappa shape index (κ3) is 3.88. The largest absolute Gasteiger partial charge is 0.497 e. The number of benzene rings is 1. The van der Waals surface area contributed by atoms with Gasteiger partial charge in [0.05, 0.1) is 19.0 Å². The second-order valence-electron chi connectivity index (χ2n) is 7.59. The standard InChI is InChI=1S/C21H24N6O4/c1-22-18-10-17(24-14-8-13(29-2)9-16-20(14)31-6-5-30-16)26-21-15(11-23-27(18)21)25-19(28)7-12-3-4-12/h8-12,22H,3-7H2,1-2H3,(H,24,26)(H,25,28). The van der Waals surface area contributed by atoms with Crippen LogP contribution in [0.25, 0.3) is 5.65 Å². The zero-order valence-corrected chi connectivity index (χ0v) is 17.4. The van der Waals surface area contributed by atoms with E-state index in [4.69, 9.17) is 14.2 Å². The van der Waals surface area contributed by atoms with Gasteiger partial charge in [0.25, 0.3) is 0 Å². The molecule has 10 nitrogen and oxygen atoms in total. The quantitative estimate of drug-likeness (QED) is 0.531. The molecule has 0 atom stereocenters. The molecule has 1 aromatic carbocycles. The van der Waals surface area contributed by atoms with Gasteiger partial charge in [-0.2, -0.15) is 9.61 Å². The number of nitrogens with zero attached hydrogens (tertiary/aromatic N) is 3. The SMILES string of the molecule is CNc1cc(Nc2cc(OC)cc3c2OCCO3)nc2c(NC(=O)CC3CC3)cnn12. The van der Waals surface area contributed by atoms with Crippen molar-refractivity contribution in [2.45, 2.75) is 19.3 Å². The molecule has 1 amide bonds. The molecule has 162 valence electrons. The number of ether oxygens (including phenoxy) is 3. The molecule has 1 aliphatic heterocycles. The zero-order chi connectivity index (χ0) is 21.4.